The van der Waals surface area contributed by atoms with E-state index >= 15 is 0 Å². The van der Waals surface area contributed by atoms with E-state index in [1.54, 1.807) is 41.2 Å². The molecule has 9 heteroatoms. The number of amides is 2. The van der Waals surface area contributed by atoms with Crippen molar-refractivity contribution in [2.24, 2.45) is 0 Å². The maximum Gasteiger partial charge on any atom is 0.327 e. The van der Waals surface area contributed by atoms with Gasteiger partial charge in [-0.25, -0.2) is 4.68 Å². The Kier molecular flexibility index (Phi) is 6.64. The van der Waals surface area contributed by atoms with Gasteiger partial charge in [-0.15, -0.1) is 0 Å². The van der Waals surface area contributed by atoms with Gasteiger partial charge in [-0.2, -0.15) is 4.57 Å². The van der Waals surface area contributed by atoms with Crippen LogP contribution in [0.4, 0.5) is 0 Å². The lowest BCUT2D eigenvalue weighted by Crippen LogP contribution is -2.42. The van der Waals surface area contributed by atoms with Crippen molar-refractivity contribution >= 4 is 34.7 Å². The van der Waals surface area contributed by atoms with E-state index in [1.165, 1.54) is 9.58 Å². The monoisotopic (exact) mass is 507 g/mol. The number of aryl methyl sites for hydroxylation is 2. The fraction of sp³-hybridized carbons (Fsp3) is 0.333. The maximum absolute atomic E-state index is 13.9. The second kappa shape index (κ2) is 9.87. The third-order valence-corrected chi connectivity index (χ3v) is 6.78. The van der Waals surface area contributed by atoms with Crippen LogP contribution in [0.1, 0.15) is 43.0 Å². The zero-order valence-electron chi connectivity index (χ0n) is 20.3. The quantitative estimate of drug-likeness (QED) is 0.392. The SMILES string of the molecule is CCCc1[nH]n(-c2cccc(Cl)c2)c(=O)c1C1=C([n+]2cccc(C)c2)C(=O)N(C[C@@H]2CCCO2)C1=O. The number of halogens is 1. The molecule has 1 saturated heterocycles. The maximum atomic E-state index is 13.9. The molecule has 1 aromatic carbocycles. The van der Waals surface area contributed by atoms with Gasteiger partial charge in [0.05, 0.1) is 23.9 Å². The van der Waals surface area contributed by atoms with E-state index in [4.69, 9.17) is 16.3 Å². The molecule has 8 nitrogen and oxygen atoms in total. The fourth-order valence-corrected chi connectivity index (χ4v) is 5.07. The number of benzene rings is 1. The molecule has 1 N–H and O–H groups in total. The van der Waals surface area contributed by atoms with Crippen LogP contribution in [-0.4, -0.2) is 45.8 Å². The van der Waals surface area contributed by atoms with E-state index in [0.717, 1.165) is 24.8 Å². The first-order chi connectivity index (χ1) is 17.4. The van der Waals surface area contributed by atoms with Crippen LogP contribution in [0.15, 0.2) is 53.6 Å². The summed E-state index contributed by atoms with van der Waals surface area (Å²) in [7, 11) is 0. The Morgan fingerprint density at radius 1 is 1.17 bits per heavy atom. The second-order valence-electron chi connectivity index (χ2n) is 9.20. The molecule has 5 rings (SSSR count). The summed E-state index contributed by atoms with van der Waals surface area (Å²) in [4.78, 5) is 42.7. The molecule has 2 aliphatic rings. The van der Waals surface area contributed by atoms with Crippen molar-refractivity contribution in [2.75, 3.05) is 13.2 Å². The van der Waals surface area contributed by atoms with Gasteiger partial charge in [-0.05, 0) is 50.5 Å². The number of ether oxygens (including phenoxy) is 1. The van der Waals surface area contributed by atoms with Crippen molar-refractivity contribution in [3.05, 3.63) is 81.0 Å². The summed E-state index contributed by atoms with van der Waals surface area (Å²) in [5, 5.41) is 3.66. The van der Waals surface area contributed by atoms with Crippen LogP contribution >= 0.6 is 11.6 Å². The number of nitrogens with zero attached hydrogens (tertiary/aromatic N) is 3. The van der Waals surface area contributed by atoms with E-state index in [2.05, 4.69) is 5.10 Å². The average molecular weight is 508 g/mol. The van der Waals surface area contributed by atoms with Crippen LogP contribution in [0, 0.1) is 6.92 Å². The van der Waals surface area contributed by atoms with Crippen molar-refractivity contribution in [1.29, 1.82) is 0 Å². The molecule has 2 amide bonds. The summed E-state index contributed by atoms with van der Waals surface area (Å²) in [6.07, 6.45) is 6.26. The lowest BCUT2D eigenvalue weighted by molar-refractivity contribution is -0.577. The number of rotatable bonds is 7. The number of hydrogen-bond donors (Lipinski definition) is 1. The lowest BCUT2D eigenvalue weighted by atomic mass is 10.0. The van der Waals surface area contributed by atoms with Crippen LogP contribution in [0.25, 0.3) is 17.0 Å². The molecule has 0 spiro atoms. The van der Waals surface area contributed by atoms with E-state index in [9.17, 15) is 14.4 Å². The molecule has 186 valence electrons. The van der Waals surface area contributed by atoms with Crippen LogP contribution < -0.4 is 10.1 Å². The molecule has 1 fully saturated rings. The molecule has 36 heavy (non-hydrogen) atoms. The van der Waals surface area contributed by atoms with Crippen molar-refractivity contribution in [1.82, 2.24) is 14.7 Å². The number of aromatic amines is 1. The van der Waals surface area contributed by atoms with Gasteiger partial charge in [0.15, 0.2) is 12.4 Å². The predicted molar refractivity (Wildman–Crippen MR) is 136 cm³/mol. The Hall–Kier alpha value is -3.49. The van der Waals surface area contributed by atoms with Crippen molar-refractivity contribution in [2.45, 2.75) is 45.6 Å². The molecule has 0 radical (unpaired) electrons. The minimum Gasteiger partial charge on any atom is -0.376 e. The van der Waals surface area contributed by atoms with E-state index in [-0.39, 0.29) is 29.5 Å². The van der Waals surface area contributed by atoms with Gasteiger partial charge in [0.25, 0.3) is 17.2 Å². The molecule has 3 aromatic rings. The summed E-state index contributed by atoms with van der Waals surface area (Å²) in [6.45, 7) is 4.68. The average Bonchev–Trinajstić information content (AvgIpc) is 3.54. The first kappa shape index (κ1) is 24.2. The van der Waals surface area contributed by atoms with Crippen molar-refractivity contribution in [3.8, 4) is 5.69 Å². The number of H-pyrrole nitrogens is 1. The number of nitrogens with one attached hydrogen (secondary N) is 1. The molecule has 0 bridgehead atoms. The standard InChI is InChI=1S/C27H27ClN4O4/c1-3-7-21-22(26(34)32(29-21)19-10-4-9-18(28)14-19)23-24(30-12-5-8-17(2)15-30)27(35)31(25(23)33)16-20-11-6-13-36-20/h4-5,8-10,12,14-15,20H,3,6-7,11,13,16H2,1-2H3/p+1/t20-/m0/s1. The molecular formula is C27H28ClN4O4+. The molecule has 2 aliphatic heterocycles. The summed E-state index contributed by atoms with van der Waals surface area (Å²) < 4.78 is 8.75. The molecule has 2 aromatic heterocycles. The van der Waals surface area contributed by atoms with Crippen molar-refractivity contribution in [3.63, 3.8) is 0 Å². The predicted octanol–water partition coefficient (Wildman–Crippen LogP) is 3.28. The first-order valence-electron chi connectivity index (χ1n) is 12.2. The van der Waals surface area contributed by atoms with Crippen molar-refractivity contribution < 1.29 is 18.9 Å². The van der Waals surface area contributed by atoms with Gasteiger partial charge < -0.3 is 4.74 Å². The van der Waals surface area contributed by atoms with Gasteiger partial charge >= 0.3 is 5.91 Å². The van der Waals surface area contributed by atoms with E-state index in [0.29, 0.717) is 29.4 Å². The van der Waals surface area contributed by atoms with Crippen LogP contribution in [0.2, 0.25) is 5.02 Å². The van der Waals surface area contributed by atoms with E-state index in [1.807, 2.05) is 26.0 Å². The lowest BCUT2D eigenvalue weighted by Gasteiger charge is -2.18. The Morgan fingerprint density at radius 2 is 2.00 bits per heavy atom. The fourth-order valence-electron chi connectivity index (χ4n) is 4.89. The van der Waals surface area contributed by atoms with Crippen LogP contribution in [0.3, 0.4) is 0 Å². The van der Waals surface area contributed by atoms with Gasteiger partial charge in [-0.1, -0.05) is 31.0 Å². The van der Waals surface area contributed by atoms with Crippen LogP contribution in [0.5, 0.6) is 0 Å². The Morgan fingerprint density at radius 3 is 2.69 bits per heavy atom. The molecule has 0 saturated carbocycles. The number of hydrogen-bond acceptors (Lipinski definition) is 4. The van der Waals surface area contributed by atoms with Gasteiger partial charge in [0, 0.05) is 29.0 Å². The molecule has 0 unspecified atom stereocenters. The highest BCUT2D eigenvalue weighted by atomic mass is 35.5. The zero-order chi connectivity index (χ0) is 25.4. The van der Waals surface area contributed by atoms with Gasteiger partial charge in [0.1, 0.15) is 5.57 Å². The number of pyridine rings is 1. The third-order valence-electron chi connectivity index (χ3n) is 6.54. The number of imide groups is 1. The Bertz CT molecular complexity index is 1430. The Labute approximate surface area is 213 Å². The Balaban J connectivity index is 1.72. The molecular weight excluding hydrogens is 480 g/mol. The third kappa shape index (κ3) is 4.31. The van der Waals surface area contributed by atoms with Gasteiger partial charge in [-0.3, -0.25) is 24.4 Å². The summed E-state index contributed by atoms with van der Waals surface area (Å²) >= 11 is 6.18. The highest BCUT2D eigenvalue weighted by molar-refractivity contribution is 6.44. The highest BCUT2D eigenvalue weighted by Gasteiger charge is 2.48. The molecule has 1 atom stereocenters. The summed E-state index contributed by atoms with van der Waals surface area (Å²) in [5.41, 5.74) is 2.17. The number of carbonyl (C=O) groups excluding carboxylic acids is 2. The normalized spacial score (nSPS) is 18.1. The largest absolute Gasteiger partial charge is 0.376 e. The minimum atomic E-state index is -0.480. The molecule has 4 heterocycles. The topological polar surface area (TPSA) is 88.3 Å². The van der Waals surface area contributed by atoms with Crippen LogP contribution in [-0.2, 0) is 20.7 Å². The number of carbonyl (C=O) groups is 2. The second-order valence-corrected chi connectivity index (χ2v) is 9.64. The smallest absolute Gasteiger partial charge is 0.327 e. The zero-order valence-corrected chi connectivity index (χ0v) is 21.0. The number of aromatic nitrogens is 3. The summed E-state index contributed by atoms with van der Waals surface area (Å²) in [5.74, 6) is -0.912. The molecule has 0 aliphatic carbocycles. The summed E-state index contributed by atoms with van der Waals surface area (Å²) in [6, 6.07) is 10.6. The highest BCUT2D eigenvalue weighted by Crippen LogP contribution is 2.31. The van der Waals surface area contributed by atoms with E-state index < -0.39 is 17.4 Å². The minimum absolute atomic E-state index is 0.110. The first-order valence-corrected chi connectivity index (χ1v) is 12.6. The van der Waals surface area contributed by atoms with Gasteiger partial charge in [0.2, 0.25) is 0 Å².